The Labute approximate surface area is 159 Å². The number of fused-ring (bicyclic) bond motifs is 1. The minimum absolute atomic E-state index is 0.0399. The lowest BCUT2D eigenvalue weighted by Crippen LogP contribution is -2.42. The van der Waals surface area contributed by atoms with Crippen LogP contribution >= 0.6 is 11.3 Å². The molecule has 8 heteroatoms. The van der Waals surface area contributed by atoms with Crippen molar-refractivity contribution in [3.8, 4) is 0 Å². The van der Waals surface area contributed by atoms with Crippen LogP contribution in [0.25, 0.3) is 10.9 Å². The van der Waals surface area contributed by atoms with Crippen molar-refractivity contribution in [3.05, 3.63) is 57.5 Å². The Hall–Kier alpha value is -2.87. The van der Waals surface area contributed by atoms with Gasteiger partial charge in [-0.25, -0.2) is 9.97 Å². The molecule has 1 fully saturated rings. The van der Waals surface area contributed by atoms with Gasteiger partial charge in [0.2, 0.25) is 5.91 Å². The van der Waals surface area contributed by atoms with Crippen molar-refractivity contribution < 1.29 is 9.59 Å². The molecule has 2 aromatic heterocycles. The summed E-state index contributed by atoms with van der Waals surface area (Å²) in [4.78, 5) is 47.6. The van der Waals surface area contributed by atoms with Crippen molar-refractivity contribution in [2.24, 2.45) is 5.92 Å². The maximum Gasteiger partial charge on any atom is 0.261 e. The SMILES string of the molecule is O=C(c1nccs1)C1CCN(C(=O)Cn2cnc3ccccc3c2=O)CC1. The molecule has 1 aliphatic heterocycles. The summed E-state index contributed by atoms with van der Waals surface area (Å²) >= 11 is 1.35. The summed E-state index contributed by atoms with van der Waals surface area (Å²) in [5.41, 5.74) is 0.399. The highest BCUT2D eigenvalue weighted by Gasteiger charge is 2.29. The Bertz CT molecular complexity index is 1040. The van der Waals surface area contributed by atoms with Gasteiger partial charge in [0.1, 0.15) is 6.54 Å². The molecule has 0 aliphatic carbocycles. The van der Waals surface area contributed by atoms with E-state index in [0.717, 1.165) is 0 Å². The van der Waals surface area contributed by atoms with Crippen LogP contribution in [0.2, 0.25) is 0 Å². The number of amides is 1. The number of Topliss-reactive ketones (excluding diaryl/α,β-unsaturated/α-hetero) is 1. The Kier molecular flexibility index (Phi) is 4.81. The van der Waals surface area contributed by atoms with Gasteiger partial charge in [0.15, 0.2) is 10.8 Å². The molecule has 3 heterocycles. The normalized spacial score (nSPS) is 15.2. The first kappa shape index (κ1) is 17.5. The van der Waals surface area contributed by atoms with Gasteiger partial charge < -0.3 is 4.90 Å². The zero-order valence-corrected chi connectivity index (χ0v) is 15.4. The number of ketones is 1. The van der Waals surface area contributed by atoms with E-state index in [1.54, 1.807) is 34.7 Å². The van der Waals surface area contributed by atoms with E-state index >= 15 is 0 Å². The molecule has 0 unspecified atom stereocenters. The van der Waals surface area contributed by atoms with Crippen LogP contribution in [0.3, 0.4) is 0 Å². The lowest BCUT2D eigenvalue weighted by Gasteiger charge is -2.31. The van der Waals surface area contributed by atoms with Crippen molar-refractivity contribution in [1.29, 1.82) is 0 Å². The first-order valence-corrected chi connectivity index (χ1v) is 9.67. The second kappa shape index (κ2) is 7.40. The molecular weight excluding hydrogens is 364 g/mol. The van der Waals surface area contributed by atoms with E-state index in [2.05, 4.69) is 9.97 Å². The molecule has 0 atom stereocenters. The van der Waals surface area contributed by atoms with Gasteiger partial charge in [-0.15, -0.1) is 11.3 Å². The third kappa shape index (κ3) is 3.52. The summed E-state index contributed by atoms with van der Waals surface area (Å²) in [5, 5.41) is 2.83. The summed E-state index contributed by atoms with van der Waals surface area (Å²) in [6.45, 7) is 0.981. The molecular formula is C19H18N4O3S. The Morgan fingerprint density at radius 2 is 1.93 bits per heavy atom. The predicted octanol–water partition coefficient (Wildman–Crippen LogP) is 1.97. The molecule has 4 rings (SSSR count). The van der Waals surface area contributed by atoms with Crippen molar-refractivity contribution >= 4 is 33.9 Å². The van der Waals surface area contributed by atoms with Gasteiger partial charge >= 0.3 is 0 Å². The summed E-state index contributed by atoms with van der Waals surface area (Å²) < 4.78 is 1.34. The second-order valence-corrected chi connectivity index (χ2v) is 7.45. The van der Waals surface area contributed by atoms with Crippen LogP contribution in [0.5, 0.6) is 0 Å². The van der Waals surface area contributed by atoms with E-state index in [0.29, 0.717) is 41.8 Å². The van der Waals surface area contributed by atoms with E-state index in [9.17, 15) is 14.4 Å². The first-order valence-electron chi connectivity index (χ1n) is 8.79. The fourth-order valence-corrected chi connectivity index (χ4v) is 4.03. The maximum atomic E-state index is 12.6. The highest BCUT2D eigenvalue weighted by Crippen LogP contribution is 2.23. The Morgan fingerprint density at radius 1 is 1.15 bits per heavy atom. The van der Waals surface area contributed by atoms with E-state index in [-0.39, 0.29) is 29.7 Å². The number of para-hydroxylation sites is 1. The monoisotopic (exact) mass is 382 g/mol. The zero-order valence-electron chi connectivity index (χ0n) is 14.6. The highest BCUT2D eigenvalue weighted by atomic mass is 32.1. The zero-order chi connectivity index (χ0) is 18.8. The van der Waals surface area contributed by atoms with E-state index in [1.165, 1.54) is 22.2 Å². The average molecular weight is 382 g/mol. The molecule has 0 bridgehead atoms. The number of hydrogen-bond acceptors (Lipinski definition) is 6. The van der Waals surface area contributed by atoms with Gasteiger partial charge in [0, 0.05) is 30.6 Å². The smallest absolute Gasteiger partial charge is 0.261 e. The first-order chi connectivity index (χ1) is 13.1. The summed E-state index contributed by atoms with van der Waals surface area (Å²) in [7, 11) is 0. The van der Waals surface area contributed by atoms with Crippen LogP contribution in [0, 0.1) is 5.92 Å². The van der Waals surface area contributed by atoms with Gasteiger partial charge in [-0.3, -0.25) is 19.0 Å². The molecule has 3 aromatic rings. The van der Waals surface area contributed by atoms with Crippen molar-refractivity contribution in [2.45, 2.75) is 19.4 Å². The fourth-order valence-electron chi connectivity index (χ4n) is 3.38. The number of rotatable bonds is 4. The van der Waals surface area contributed by atoms with E-state index in [4.69, 9.17) is 0 Å². The van der Waals surface area contributed by atoms with Crippen LogP contribution in [-0.4, -0.2) is 44.2 Å². The number of aromatic nitrogens is 3. The summed E-state index contributed by atoms with van der Waals surface area (Å²) in [6, 6.07) is 7.08. The molecule has 1 amide bonds. The molecule has 1 aliphatic rings. The number of hydrogen-bond donors (Lipinski definition) is 0. The van der Waals surface area contributed by atoms with Gasteiger partial charge in [0.05, 0.1) is 17.2 Å². The number of benzene rings is 1. The van der Waals surface area contributed by atoms with Crippen molar-refractivity contribution in [2.75, 3.05) is 13.1 Å². The quantitative estimate of drug-likeness (QED) is 0.644. The number of likely N-dealkylation sites (tertiary alicyclic amines) is 1. The summed E-state index contributed by atoms with van der Waals surface area (Å²) in [6.07, 6.45) is 4.29. The average Bonchev–Trinajstić information content (AvgIpc) is 3.25. The standard InChI is InChI=1S/C19H18N4O3S/c24-16(11-23-12-21-15-4-2-1-3-14(15)19(23)26)22-8-5-13(6-9-22)17(25)18-20-7-10-27-18/h1-4,7,10,12-13H,5-6,8-9,11H2. The van der Waals surface area contributed by atoms with E-state index in [1.807, 2.05) is 6.07 Å². The van der Waals surface area contributed by atoms with Crippen LogP contribution in [0.4, 0.5) is 0 Å². The Morgan fingerprint density at radius 3 is 2.67 bits per heavy atom. The minimum Gasteiger partial charge on any atom is -0.341 e. The molecule has 1 aromatic carbocycles. The highest BCUT2D eigenvalue weighted by molar-refractivity contribution is 7.11. The van der Waals surface area contributed by atoms with Crippen LogP contribution in [0.1, 0.15) is 22.6 Å². The number of thiazole rings is 1. The third-order valence-electron chi connectivity index (χ3n) is 4.90. The van der Waals surface area contributed by atoms with Crippen molar-refractivity contribution in [3.63, 3.8) is 0 Å². The third-order valence-corrected chi connectivity index (χ3v) is 5.69. The molecule has 1 saturated heterocycles. The molecule has 0 saturated carbocycles. The van der Waals surface area contributed by atoms with Gasteiger partial charge in [0.25, 0.3) is 5.56 Å². The second-order valence-electron chi connectivity index (χ2n) is 6.55. The number of carbonyl (C=O) groups is 2. The van der Waals surface area contributed by atoms with Crippen LogP contribution < -0.4 is 5.56 Å². The van der Waals surface area contributed by atoms with Gasteiger partial charge in [-0.05, 0) is 25.0 Å². The van der Waals surface area contributed by atoms with Crippen LogP contribution in [-0.2, 0) is 11.3 Å². The van der Waals surface area contributed by atoms with Gasteiger partial charge in [-0.2, -0.15) is 0 Å². The molecule has 138 valence electrons. The molecule has 0 spiro atoms. The Balaban J connectivity index is 1.41. The molecule has 0 radical (unpaired) electrons. The lowest BCUT2D eigenvalue weighted by molar-refractivity contribution is -0.133. The molecule has 0 N–H and O–H groups in total. The topological polar surface area (TPSA) is 85.2 Å². The molecule has 7 nitrogen and oxygen atoms in total. The summed E-state index contributed by atoms with van der Waals surface area (Å²) in [5.74, 6) is -0.161. The van der Waals surface area contributed by atoms with E-state index < -0.39 is 0 Å². The predicted molar refractivity (Wildman–Crippen MR) is 102 cm³/mol. The fraction of sp³-hybridized carbons (Fsp3) is 0.316. The number of piperidine rings is 1. The largest absolute Gasteiger partial charge is 0.341 e. The maximum absolute atomic E-state index is 12.6. The number of carbonyl (C=O) groups excluding carboxylic acids is 2. The minimum atomic E-state index is -0.220. The lowest BCUT2D eigenvalue weighted by atomic mass is 9.92. The number of nitrogens with zero attached hydrogens (tertiary/aromatic N) is 4. The van der Waals surface area contributed by atoms with Gasteiger partial charge in [-0.1, -0.05) is 12.1 Å². The molecule has 27 heavy (non-hydrogen) atoms. The van der Waals surface area contributed by atoms with Crippen molar-refractivity contribution in [1.82, 2.24) is 19.4 Å². The van der Waals surface area contributed by atoms with Crippen LogP contribution in [0.15, 0.2) is 47.0 Å².